The summed E-state index contributed by atoms with van der Waals surface area (Å²) in [6.07, 6.45) is 12.2. The Hall–Kier alpha value is -3.22. The van der Waals surface area contributed by atoms with Gasteiger partial charge in [0.05, 0.1) is 12.1 Å². The van der Waals surface area contributed by atoms with Crippen LogP contribution >= 0.6 is 0 Å². The third-order valence-corrected chi connectivity index (χ3v) is 5.44. The van der Waals surface area contributed by atoms with Gasteiger partial charge in [0.25, 0.3) is 5.91 Å². The van der Waals surface area contributed by atoms with Gasteiger partial charge in [0.1, 0.15) is 5.65 Å². The average Bonchev–Trinajstić information content (AvgIpc) is 3.36. The standard InChI is InChI=1S/C21H23N5O2/c1-3-15-13-25(24-17(18(15)27)20(28)22-2)14-21(9-4-5-10-21)26-12-8-16-7-6-11-23-19(16)26/h4-8,11-13H,3,9-10,14H2,1-2H3,(H,22,28). The zero-order valence-corrected chi connectivity index (χ0v) is 16.1. The van der Waals surface area contributed by atoms with Crippen LogP contribution < -0.4 is 10.7 Å². The maximum Gasteiger partial charge on any atom is 0.275 e. The van der Waals surface area contributed by atoms with Gasteiger partial charge in [-0.2, -0.15) is 5.10 Å². The average molecular weight is 377 g/mol. The summed E-state index contributed by atoms with van der Waals surface area (Å²) < 4.78 is 3.94. The van der Waals surface area contributed by atoms with Crippen LogP contribution in [-0.4, -0.2) is 32.3 Å². The fourth-order valence-corrected chi connectivity index (χ4v) is 3.93. The summed E-state index contributed by atoms with van der Waals surface area (Å²) in [5.41, 5.74) is 0.881. The highest BCUT2D eigenvalue weighted by Gasteiger charge is 2.35. The second-order valence-corrected chi connectivity index (χ2v) is 7.17. The molecule has 7 nitrogen and oxygen atoms in total. The number of carbonyl (C=O) groups excluding carboxylic acids is 1. The van der Waals surface area contributed by atoms with Crippen LogP contribution in [-0.2, 0) is 18.5 Å². The Morgan fingerprint density at radius 3 is 2.79 bits per heavy atom. The van der Waals surface area contributed by atoms with Gasteiger partial charge in [-0.3, -0.25) is 14.3 Å². The molecule has 7 heteroatoms. The number of carbonyl (C=O) groups is 1. The second kappa shape index (κ2) is 7.07. The number of nitrogens with one attached hydrogen (secondary N) is 1. The molecule has 0 radical (unpaired) electrons. The number of hydrogen-bond donors (Lipinski definition) is 1. The largest absolute Gasteiger partial charge is 0.354 e. The summed E-state index contributed by atoms with van der Waals surface area (Å²) in [5, 5.41) is 7.98. The SMILES string of the molecule is CCc1cn(CC2(n3ccc4cccnc43)CC=CC2)nc(C(=O)NC)c1=O. The molecule has 1 N–H and O–H groups in total. The molecule has 3 aromatic heterocycles. The molecular formula is C21H23N5O2. The minimum Gasteiger partial charge on any atom is -0.354 e. The van der Waals surface area contributed by atoms with E-state index in [4.69, 9.17) is 0 Å². The topological polar surface area (TPSA) is 81.8 Å². The molecule has 0 bridgehead atoms. The van der Waals surface area contributed by atoms with Crippen LogP contribution in [0.25, 0.3) is 11.0 Å². The molecule has 0 spiro atoms. The monoisotopic (exact) mass is 377 g/mol. The number of aromatic nitrogens is 4. The Morgan fingerprint density at radius 2 is 2.07 bits per heavy atom. The van der Waals surface area contributed by atoms with Crippen molar-refractivity contribution in [3.8, 4) is 0 Å². The Kier molecular flexibility index (Phi) is 4.58. The summed E-state index contributed by atoms with van der Waals surface area (Å²) in [4.78, 5) is 29.2. The van der Waals surface area contributed by atoms with Crippen LogP contribution in [0.1, 0.15) is 35.8 Å². The van der Waals surface area contributed by atoms with Crippen molar-refractivity contribution in [2.75, 3.05) is 7.05 Å². The van der Waals surface area contributed by atoms with E-state index in [1.54, 1.807) is 17.1 Å². The van der Waals surface area contributed by atoms with Crippen LogP contribution in [0.3, 0.4) is 0 Å². The van der Waals surface area contributed by atoms with Gasteiger partial charge in [0.2, 0.25) is 5.43 Å². The van der Waals surface area contributed by atoms with Crippen LogP contribution in [0.15, 0.2) is 53.7 Å². The van der Waals surface area contributed by atoms with Crippen LogP contribution in [0, 0.1) is 0 Å². The molecule has 3 heterocycles. The lowest BCUT2D eigenvalue weighted by Crippen LogP contribution is -2.38. The predicted molar refractivity (Wildman–Crippen MR) is 107 cm³/mol. The van der Waals surface area contributed by atoms with Crippen molar-refractivity contribution >= 4 is 16.9 Å². The molecule has 1 aliphatic rings. The quantitative estimate of drug-likeness (QED) is 0.692. The van der Waals surface area contributed by atoms with E-state index in [0.29, 0.717) is 18.5 Å². The Morgan fingerprint density at radius 1 is 1.29 bits per heavy atom. The Labute approximate surface area is 162 Å². The van der Waals surface area contributed by atoms with E-state index in [2.05, 4.69) is 44.4 Å². The summed E-state index contributed by atoms with van der Waals surface area (Å²) in [7, 11) is 1.51. The molecule has 0 aromatic carbocycles. The predicted octanol–water partition coefficient (Wildman–Crippen LogP) is 2.26. The van der Waals surface area contributed by atoms with Crippen LogP contribution in [0.4, 0.5) is 0 Å². The highest BCUT2D eigenvalue weighted by Crippen LogP contribution is 2.36. The van der Waals surface area contributed by atoms with Gasteiger partial charge in [0, 0.05) is 36.6 Å². The summed E-state index contributed by atoms with van der Waals surface area (Å²) in [6.45, 7) is 2.45. The van der Waals surface area contributed by atoms with Gasteiger partial charge in [0.15, 0.2) is 5.69 Å². The summed E-state index contributed by atoms with van der Waals surface area (Å²) >= 11 is 0. The van der Waals surface area contributed by atoms with Gasteiger partial charge >= 0.3 is 0 Å². The first-order valence-corrected chi connectivity index (χ1v) is 9.48. The maximum absolute atomic E-state index is 12.5. The molecule has 0 atom stereocenters. The zero-order valence-electron chi connectivity index (χ0n) is 16.1. The highest BCUT2D eigenvalue weighted by molar-refractivity contribution is 5.91. The molecular weight excluding hydrogens is 354 g/mol. The van der Waals surface area contributed by atoms with Crippen molar-refractivity contribution in [1.29, 1.82) is 0 Å². The van der Waals surface area contributed by atoms with E-state index < -0.39 is 5.91 Å². The molecule has 0 unspecified atom stereocenters. The van der Waals surface area contributed by atoms with Gasteiger partial charge < -0.3 is 9.88 Å². The first-order valence-electron chi connectivity index (χ1n) is 9.48. The third kappa shape index (κ3) is 2.93. The number of hydrogen-bond acceptors (Lipinski definition) is 4. The molecule has 1 aliphatic carbocycles. The van der Waals surface area contributed by atoms with E-state index in [1.165, 1.54) is 7.05 Å². The number of pyridine rings is 1. The number of aryl methyl sites for hydroxylation is 1. The fraction of sp³-hybridized carbons (Fsp3) is 0.333. The van der Waals surface area contributed by atoms with E-state index in [9.17, 15) is 9.59 Å². The lowest BCUT2D eigenvalue weighted by Gasteiger charge is -2.32. The van der Waals surface area contributed by atoms with E-state index >= 15 is 0 Å². The third-order valence-electron chi connectivity index (χ3n) is 5.44. The number of allylic oxidation sites excluding steroid dienone is 2. The van der Waals surface area contributed by atoms with Crippen molar-refractivity contribution < 1.29 is 4.79 Å². The number of rotatable bonds is 5. The Bertz CT molecular complexity index is 1120. The minimum absolute atomic E-state index is 0.0570. The Balaban J connectivity index is 1.81. The van der Waals surface area contributed by atoms with E-state index in [0.717, 1.165) is 23.9 Å². The molecule has 0 aliphatic heterocycles. The first kappa shape index (κ1) is 18.2. The fourth-order valence-electron chi connectivity index (χ4n) is 3.93. The van der Waals surface area contributed by atoms with Crippen molar-refractivity contribution in [2.45, 2.75) is 38.3 Å². The van der Waals surface area contributed by atoms with Crippen molar-refractivity contribution in [3.63, 3.8) is 0 Å². The van der Waals surface area contributed by atoms with E-state index in [-0.39, 0.29) is 16.7 Å². The van der Waals surface area contributed by atoms with Gasteiger partial charge in [-0.05, 0) is 37.5 Å². The zero-order chi connectivity index (χ0) is 19.7. The van der Waals surface area contributed by atoms with Gasteiger partial charge in [-0.15, -0.1) is 0 Å². The second-order valence-electron chi connectivity index (χ2n) is 7.17. The molecule has 0 saturated carbocycles. The van der Waals surface area contributed by atoms with E-state index in [1.807, 2.05) is 19.1 Å². The lowest BCUT2D eigenvalue weighted by atomic mass is 9.96. The summed E-state index contributed by atoms with van der Waals surface area (Å²) in [6, 6.07) is 6.04. The van der Waals surface area contributed by atoms with Crippen molar-refractivity contribution in [2.24, 2.45) is 0 Å². The van der Waals surface area contributed by atoms with Crippen molar-refractivity contribution in [3.05, 3.63) is 70.4 Å². The number of amides is 1. The smallest absolute Gasteiger partial charge is 0.275 e. The van der Waals surface area contributed by atoms with Crippen molar-refractivity contribution in [1.82, 2.24) is 24.6 Å². The number of fused-ring (bicyclic) bond motifs is 1. The molecule has 1 amide bonds. The van der Waals surface area contributed by atoms with Crippen LogP contribution in [0.2, 0.25) is 0 Å². The van der Waals surface area contributed by atoms with Crippen LogP contribution in [0.5, 0.6) is 0 Å². The first-order chi connectivity index (χ1) is 13.6. The van der Waals surface area contributed by atoms with Gasteiger partial charge in [-0.1, -0.05) is 19.1 Å². The summed E-state index contributed by atoms with van der Waals surface area (Å²) in [5.74, 6) is -0.458. The highest BCUT2D eigenvalue weighted by atomic mass is 16.2. The number of nitrogens with zero attached hydrogens (tertiary/aromatic N) is 4. The molecule has 144 valence electrons. The molecule has 28 heavy (non-hydrogen) atoms. The molecule has 3 aromatic rings. The lowest BCUT2D eigenvalue weighted by molar-refractivity contribution is 0.0953. The minimum atomic E-state index is -0.458. The molecule has 4 rings (SSSR count). The molecule has 0 saturated heterocycles. The maximum atomic E-state index is 12.5. The normalized spacial score (nSPS) is 15.2. The molecule has 0 fully saturated rings. The van der Waals surface area contributed by atoms with Gasteiger partial charge in [-0.25, -0.2) is 4.98 Å².